The molecule has 1 N–H and O–H groups in total. The van der Waals surface area contributed by atoms with Crippen molar-refractivity contribution in [1.82, 2.24) is 5.32 Å². The highest BCUT2D eigenvalue weighted by molar-refractivity contribution is 5.21. The molecule has 0 saturated carbocycles. The Hall–Kier alpha value is -1.46. The molecule has 0 heterocycles. The van der Waals surface area contributed by atoms with Gasteiger partial charge in [0.05, 0.1) is 6.54 Å². The van der Waals surface area contributed by atoms with Gasteiger partial charge in [-0.05, 0) is 19.1 Å². The molecule has 0 amide bonds. The van der Waals surface area contributed by atoms with E-state index in [1.165, 1.54) is 0 Å². The number of rotatable bonds is 5. The monoisotopic (exact) mass is 189 g/mol. The van der Waals surface area contributed by atoms with Gasteiger partial charge in [0.25, 0.3) is 0 Å². The predicted octanol–water partition coefficient (Wildman–Crippen LogP) is 1.68. The van der Waals surface area contributed by atoms with Gasteiger partial charge in [0.15, 0.2) is 0 Å². The molecular formula is C12H15NO. The summed E-state index contributed by atoms with van der Waals surface area (Å²) >= 11 is 0. The predicted molar refractivity (Wildman–Crippen MR) is 58.2 cm³/mol. The summed E-state index contributed by atoms with van der Waals surface area (Å²) < 4.78 is 5.63. The summed E-state index contributed by atoms with van der Waals surface area (Å²) in [5.74, 6) is 3.41. The SMILES string of the molecule is C#CCNCC(C)Oc1ccccc1. The second kappa shape index (κ2) is 6.06. The molecule has 0 aliphatic carbocycles. The molecule has 2 heteroatoms. The maximum atomic E-state index is 5.63. The molecule has 0 aliphatic rings. The van der Waals surface area contributed by atoms with E-state index in [0.717, 1.165) is 12.3 Å². The Labute approximate surface area is 85.3 Å². The summed E-state index contributed by atoms with van der Waals surface area (Å²) in [5.41, 5.74) is 0. The number of terminal acetylenes is 1. The molecule has 1 atom stereocenters. The van der Waals surface area contributed by atoms with Crippen molar-refractivity contribution in [3.05, 3.63) is 30.3 Å². The van der Waals surface area contributed by atoms with Crippen LogP contribution in [-0.4, -0.2) is 19.2 Å². The first-order valence-electron chi connectivity index (χ1n) is 4.69. The van der Waals surface area contributed by atoms with E-state index in [2.05, 4.69) is 11.2 Å². The van der Waals surface area contributed by atoms with Gasteiger partial charge in [-0.25, -0.2) is 0 Å². The van der Waals surface area contributed by atoms with Crippen LogP contribution in [0.2, 0.25) is 0 Å². The van der Waals surface area contributed by atoms with Crippen LogP contribution in [0.4, 0.5) is 0 Å². The van der Waals surface area contributed by atoms with Crippen molar-refractivity contribution in [2.75, 3.05) is 13.1 Å². The minimum atomic E-state index is 0.130. The summed E-state index contributed by atoms with van der Waals surface area (Å²) in [5, 5.41) is 3.09. The first-order chi connectivity index (χ1) is 6.83. The normalized spacial score (nSPS) is 11.7. The van der Waals surface area contributed by atoms with Gasteiger partial charge in [0.1, 0.15) is 11.9 Å². The maximum Gasteiger partial charge on any atom is 0.119 e. The molecule has 0 spiro atoms. The van der Waals surface area contributed by atoms with Gasteiger partial charge in [-0.15, -0.1) is 6.42 Å². The third-order valence-corrected chi connectivity index (χ3v) is 1.74. The molecule has 14 heavy (non-hydrogen) atoms. The van der Waals surface area contributed by atoms with Gasteiger partial charge < -0.3 is 10.1 Å². The van der Waals surface area contributed by atoms with Crippen LogP contribution in [0.1, 0.15) is 6.92 Å². The van der Waals surface area contributed by atoms with Gasteiger partial charge in [0, 0.05) is 6.54 Å². The quantitative estimate of drug-likeness (QED) is 0.562. The Morgan fingerprint density at radius 2 is 2.14 bits per heavy atom. The van der Waals surface area contributed by atoms with Crippen molar-refractivity contribution in [3.8, 4) is 18.1 Å². The van der Waals surface area contributed by atoms with E-state index in [4.69, 9.17) is 11.2 Å². The van der Waals surface area contributed by atoms with Gasteiger partial charge in [0.2, 0.25) is 0 Å². The van der Waals surface area contributed by atoms with Crippen LogP contribution in [0.15, 0.2) is 30.3 Å². The van der Waals surface area contributed by atoms with Crippen molar-refractivity contribution >= 4 is 0 Å². The zero-order valence-electron chi connectivity index (χ0n) is 8.36. The summed E-state index contributed by atoms with van der Waals surface area (Å²) in [4.78, 5) is 0. The first-order valence-corrected chi connectivity index (χ1v) is 4.69. The topological polar surface area (TPSA) is 21.3 Å². The van der Waals surface area contributed by atoms with E-state index in [0.29, 0.717) is 6.54 Å². The average Bonchev–Trinajstić information content (AvgIpc) is 2.20. The molecular weight excluding hydrogens is 174 g/mol. The second-order valence-electron chi connectivity index (χ2n) is 3.08. The van der Waals surface area contributed by atoms with Crippen LogP contribution < -0.4 is 10.1 Å². The zero-order chi connectivity index (χ0) is 10.2. The maximum absolute atomic E-state index is 5.63. The first kappa shape index (κ1) is 10.6. The lowest BCUT2D eigenvalue weighted by Gasteiger charge is -2.14. The van der Waals surface area contributed by atoms with Gasteiger partial charge in [-0.2, -0.15) is 0 Å². The number of hydrogen-bond acceptors (Lipinski definition) is 2. The fourth-order valence-electron chi connectivity index (χ4n) is 1.12. The Balaban J connectivity index is 2.28. The molecule has 0 fully saturated rings. The highest BCUT2D eigenvalue weighted by atomic mass is 16.5. The number of ether oxygens (including phenoxy) is 1. The standard InChI is InChI=1S/C12H15NO/c1-3-9-13-10-11(2)14-12-7-5-4-6-8-12/h1,4-8,11,13H,9-10H2,2H3. The van der Waals surface area contributed by atoms with Crippen LogP contribution in [0.3, 0.4) is 0 Å². The van der Waals surface area contributed by atoms with Crippen LogP contribution in [0.5, 0.6) is 5.75 Å². The van der Waals surface area contributed by atoms with Crippen LogP contribution in [0.25, 0.3) is 0 Å². The lowest BCUT2D eigenvalue weighted by atomic mass is 10.3. The third kappa shape index (κ3) is 3.97. The molecule has 74 valence electrons. The van der Waals surface area contributed by atoms with Gasteiger partial charge in [-0.3, -0.25) is 0 Å². The Morgan fingerprint density at radius 1 is 1.43 bits per heavy atom. The van der Waals surface area contributed by atoms with E-state index in [1.807, 2.05) is 37.3 Å². The number of nitrogens with one attached hydrogen (secondary N) is 1. The smallest absolute Gasteiger partial charge is 0.119 e. The molecule has 0 radical (unpaired) electrons. The zero-order valence-corrected chi connectivity index (χ0v) is 8.36. The lowest BCUT2D eigenvalue weighted by Crippen LogP contribution is -2.29. The van der Waals surface area contributed by atoms with Gasteiger partial charge >= 0.3 is 0 Å². The summed E-state index contributed by atoms with van der Waals surface area (Å²) in [6, 6.07) is 9.76. The van der Waals surface area contributed by atoms with Crippen molar-refractivity contribution in [1.29, 1.82) is 0 Å². The molecule has 0 aromatic heterocycles. The largest absolute Gasteiger partial charge is 0.489 e. The minimum Gasteiger partial charge on any atom is -0.489 e. The van der Waals surface area contributed by atoms with E-state index >= 15 is 0 Å². The highest BCUT2D eigenvalue weighted by Crippen LogP contribution is 2.09. The fraction of sp³-hybridized carbons (Fsp3) is 0.333. The molecule has 1 aromatic rings. The molecule has 0 bridgehead atoms. The van der Waals surface area contributed by atoms with Crippen molar-refractivity contribution in [3.63, 3.8) is 0 Å². The Morgan fingerprint density at radius 3 is 2.79 bits per heavy atom. The van der Waals surface area contributed by atoms with Crippen molar-refractivity contribution < 1.29 is 4.74 Å². The Bertz CT molecular complexity index is 289. The molecule has 1 aromatic carbocycles. The van der Waals surface area contributed by atoms with E-state index in [-0.39, 0.29) is 6.10 Å². The second-order valence-corrected chi connectivity index (χ2v) is 3.08. The number of hydrogen-bond donors (Lipinski definition) is 1. The van der Waals surface area contributed by atoms with Crippen LogP contribution in [0, 0.1) is 12.3 Å². The average molecular weight is 189 g/mol. The van der Waals surface area contributed by atoms with E-state index < -0.39 is 0 Å². The Kier molecular flexibility index (Phi) is 4.60. The summed E-state index contributed by atoms with van der Waals surface area (Å²) in [7, 11) is 0. The lowest BCUT2D eigenvalue weighted by molar-refractivity contribution is 0.219. The highest BCUT2D eigenvalue weighted by Gasteiger charge is 2.01. The molecule has 0 saturated heterocycles. The van der Waals surface area contributed by atoms with Crippen molar-refractivity contribution in [2.24, 2.45) is 0 Å². The molecule has 1 unspecified atom stereocenters. The number of para-hydroxylation sites is 1. The fourth-order valence-corrected chi connectivity index (χ4v) is 1.12. The molecule has 2 nitrogen and oxygen atoms in total. The van der Waals surface area contributed by atoms with E-state index in [1.54, 1.807) is 0 Å². The van der Waals surface area contributed by atoms with E-state index in [9.17, 15) is 0 Å². The molecule has 0 aliphatic heterocycles. The van der Waals surface area contributed by atoms with Crippen LogP contribution >= 0.6 is 0 Å². The summed E-state index contributed by atoms with van der Waals surface area (Å²) in [6.07, 6.45) is 5.24. The van der Waals surface area contributed by atoms with Crippen LogP contribution in [-0.2, 0) is 0 Å². The van der Waals surface area contributed by atoms with Gasteiger partial charge in [-0.1, -0.05) is 24.1 Å². The number of benzene rings is 1. The third-order valence-electron chi connectivity index (χ3n) is 1.74. The minimum absolute atomic E-state index is 0.130. The summed E-state index contributed by atoms with van der Waals surface area (Å²) in [6.45, 7) is 3.36. The van der Waals surface area contributed by atoms with Crippen molar-refractivity contribution in [2.45, 2.75) is 13.0 Å². The molecule has 1 rings (SSSR count).